The SMILES string of the molecule is C[C@@H]1CCC[C@H](C)N1C(=O)COC(=O)Cn1cnc2ccccc21. The van der Waals surface area contributed by atoms with E-state index in [1.54, 1.807) is 10.9 Å². The van der Waals surface area contributed by atoms with E-state index in [0.717, 1.165) is 30.3 Å². The fraction of sp³-hybridized carbons (Fsp3) is 0.500. The van der Waals surface area contributed by atoms with Crippen molar-refractivity contribution >= 4 is 22.9 Å². The first-order valence-corrected chi connectivity index (χ1v) is 8.43. The van der Waals surface area contributed by atoms with Crippen molar-refractivity contribution in [3.8, 4) is 0 Å². The third-order valence-corrected chi connectivity index (χ3v) is 4.66. The number of fused-ring (bicyclic) bond motifs is 1. The van der Waals surface area contributed by atoms with Gasteiger partial charge < -0.3 is 14.2 Å². The number of para-hydroxylation sites is 2. The summed E-state index contributed by atoms with van der Waals surface area (Å²) in [6.45, 7) is 3.96. The first-order valence-electron chi connectivity index (χ1n) is 8.43. The molecule has 2 aromatic rings. The Balaban J connectivity index is 1.56. The summed E-state index contributed by atoms with van der Waals surface area (Å²) in [6.07, 6.45) is 4.76. The number of piperidine rings is 1. The Bertz CT molecular complexity index is 730. The Morgan fingerprint density at radius 2 is 1.92 bits per heavy atom. The molecule has 6 heteroatoms. The van der Waals surface area contributed by atoms with Crippen LogP contribution in [0.5, 0.6) is 0 Å². The molecule has 0 saturated carbocycles. The molecule has 0 bridgehead atoms. The van der Waals surface area contributed by atoms with Gasteiger partial charge in [-0.2, -0.15) is 0 Å². The highest BCUT2D eigenvalue weighted by Gasteiger charge is 2.29. The van der Waals surface area contributed by atoms with E-state index in [-0.39, 0.29) is 31.1 Å². The van der Waals surface area contributed by atoms with Gasteiger partial charge in [-0.15, -0.1) is 0 Å². The number of hydrogen-bond donors (Lipinski definition) is 0. The van der Waals surface area contributed by atoms with E-state index in [9.17, 15) is 9.59 Å². The van der Waals surface area contributed by atoms with Crippen molar-refractivity contribution in [2.75, 3.05) is 6.61 Å². The molecule has 0 aliphatic carbocycles. The van der Waals surface area contributed by atoms with E-state index in [4.69, 9.17) is 4.74 Å². The van der Waals surface area contributed by atoms with E-state index in [2.05, 4.69) is 4.98 Å². The van der Waals surface area contributed by atoms with Gasteiger partial charge in [-0.3, -0.25) is 9.59 Å². The van der Waals surface area contributed by atoms with Crippen LogP contribution in [0.15, 0.2) is 30.6 Å². The van der Waals surface area contributed by atoms with Crippen LogP contribution in [0.3, 0.4) is 0 Å². The average Bonchev–Trinajstić information content (AvgIpc) is 2.96. The Hall–Kier alpha value is -2.37. The lowest BCUT2D eigenvalue weighted by Gasteiger charge is -2.38. The van der Waals surface area contributed by atoms with Crippen molar-refractivity contribution in [1.82, 2.24) is 14.5 Å². The summed E-state index contributed by atoms with van der Waals surface area (Å²) in [4.78, 5) is 30.5. The molecule has 2 heterocycles. The molecule has 0 radical (unpaired) electrons. The molecule has 0 unspecified atom stereocenters. The van der Waals surface area contributed by atoms with Crippen LogP contribution in [0.25, 0.3) is 11.0 Å². The maximum Gasteiger partial charge on any atom is 0.326 e. The van der Waals surface area contributed by atoms with Crippen molar-refractivity contribution in [2.24, 2.45) is 0 Å². The van der Waals surface area contributed by atoms with E-state index in [1.807, 2.05) is 43.0 Å². The summed E-state index contributed by atoms with van der Waals surface area (Å²) in [6, 6.07) is 8.00. The number of carbonyl (C=O) groups excluding carboxylic acids is 2. The minimum absolute atomic E-state index is 0.0545. The summed E-state index contributed by atoms with van der Waals surface area (Å²) in [5, 5.41) is 0. The minimum Gasteiger partial charge on any atom is -0.454 e. The van der Waals surface area contributed by atoms with Crippen molar-refractivity contribution in [3.63, 3.8) is 0 Å². The van der Waals surface area contributed by atoms with Crippen LogP contribution in [0, 0.1) is 0 Å². The van der Waals surface area contributed by atoms with E-state index < -0.39 is 5.97 Å². The number of amides is 1. The van der Waals surface area contributed by atoms with Crippen molar-refractivity contribution in [1.29, 1.82) is 0 Å². The second-order valence-electron chi connectivity index (χ2n) is 6.45. The summed E-state index contributed by atoms with van der Waals surface area (Å²) in [5.41, 5.74) is 1.70. The molecule has 0 spiro atoms. The van der Waals surface area contributed by atoms with Gasteiger partial charge in [0.05, 0.1) is 17.4 Å². The van der Waals surface area contributed by atoms with Gasteiger partial charge in [-0.05, 0) is 45.2 Å². The molecule has 1 saturated heterocycles. The number of carbonyl (C=O) groups is 2. The number of benzene rings is 1. The number of likely N-dealkylation sites (tertiary alicyclic amines) is 1. The zero-order valence-electron chi connectivity index (χ0n) is 14.1. The molecule has 24 heavy (non-hydrogen) atoms. The average molecular weight is 329 g/mol. The van der Waals surface area contributed by atoms with Gasteiger partial charge in [0.25, 0.3) is 5.91 Å². The monoisotopic (exact) mass is 329 g/mol. The number of rotatable bonds is 4. The van der Waals surface area contributed by atoms with Crippen LogP contribution in [0.2, 0.25) is 0 Å². The standard InChI is InChI=1S/C18H23N3O3/c1-13-6-5-7-14(2)21(13)17(22)11-24-18(23)10-20-12-19-15-8-3-4-9-16(15)20/h3-4,8-9,12-14H,5-7,10-11H2,1-2H3/t13-,14+. The fourth-order valence-electron chi connectivity index (χ4n) is 3.45. The maximum absolute atomic E-state index is 12.4. The van der Waals surface area contributed by atoms with Crippen molar-refractivity contribution < 1.29 is 14.3 Å². The van der Waals surface area contributed by atoms with E-state index in [0.29, 0.717) is 0 Å². The molecule has 1 aliphatic rings. The summed E-state index contributed by atoms with van der Waals surface area (Å²) in [7, 11) is 0. The quantitative estimate of drug-likeness (QED) is 0.808. The molecular weight excluding hydrogens is 306 g/mol. The fourth-order valence-corrected chi connectivity index (χ4v) is 3.45. The number of aromatic nitrogens is 2. The molecule has 6 nitrogen and oxygen atoms in total. The molecule has 1 fully saturated rings. The highest BCUT2D eigenvalue weighted by Crippen LogP contribution is 2.22. The zero-order valence-corrected chi connectivity index (χ0v) is 14.1. The third-order valence-electron chi connectivity index (χ3n) is 4.66. The van der Waals surface area contributed by atoms with Crippen LogP contribution >= 0.6 is 0 Å². The molecule has 0 N–H and O–H groups in total. The smallest absolute Gasteiger partial charge is 0.326 e. The van der Waals surface area contributed by atoms with Gasteiger partial charge in [-0.25, -0.2) is 4.98 Å². The Morgan fingerprint density at radius 3 is 2.67 bits per heavy atom. The van der Waals surface area contributed by atoms with E-state index >= 15 is 0 Å². The van der Waals surface area contributed by atoms with Crippen LogP contribution in [-0.2, 0) is 20.9 Å². The van der Waals surface area contributed by atoms with Gasteiger partial charge in [0, 0.05) is 12.1 Å². The van der Waals surface area contributed by atoms with Crippen LogP contribution in [0.4, 0.5) is 0 Å². The van der Waals surface area contributed by atoms with Crippen molar-refractivity contribution in [3.05, 3.63) is 30.6 Å². The number of hydrogen-bond acceptors (Lipinski definition) is 4. The zero-order chi connectivity index (χ0) is 17.1. The predicted octanol–water partition coefficient (Wildman–Crippen LogP) is 2.37. The Kier molecular flexibility index (Phi) is 4.83. The topological polar surface area (TPSA) is 64.4 Å². The molecule has 1 aliphatic heterocycles. The lowest BCUT2D eigenvalue weighted by molar-refractivity contribution is -0.155. The molecule has 1 aromatic carbocycles. The largest absolute Gasteiger partial charge is 0.454 e. The molecule has 3 rings (SSSR count). The summed E-state index contributed by atoms with van der Waals surface area (Å²) < 4.78 is 6.93. The number of esters is 1. The lowest BCUT2D eigenvalue weighted by atomic mass is 9.97. The Labute approximate surface area is 141 Å². The second-order valence-corrected chi connectivity index (χ2v) is 6.45. The molecular formula is C18H23N3O3. The van der Waals surface area contributed by atoms with Gasteiger partial charge >= 0.3 is 5.97 Å². The van der Waals surface area contributed by atoms with Gasteiger partial charge in [-0.1, -0.05) is 12.1 Å². The van der Waals surface area contributed by atoms with Crippen LogP contribution in [-0.4, -0.2) is 45.0 Å². The normalized spacial score (nSPS) is 21.0. The number of imidazole rings is 1. The summed E-state index contributed by atoms with van der Waals surface area (Å²) >= 11 is 0. The van der Waals surface area contributed by atoms with Crippen LogP contribution in [0.1, 0.15) is 33.1 Å². The Morgan fingerprint density at radius 1 is 1.21 bits per heavy atom. The highest BCUT2D eigenvalue weighted by molar-refractivity contribution is 5.82. The number of ether oxygens (including phenoxy) is 1. The van der Waals surface area contributed by atoms with E-state index in [1.165, 1.54) is 0 Å². The molecule has 1 aromatic heterocycles. The van der Waals surface area contributed by atoms with Gasteiger partial charge in [0.1, 0.15) is 6.54 Å². The molecule has 128 valence electrons. The molecule has 1 amide bonds. The lowest BCUT2D eigenvalue weighted by Crippen LogP contribution is -2.49. The first-order chi connectivity index (χ1) is 11.6. The highest BCUT2D eigenvalue weighted by atomic mass is 16.5. The third kappa shape index (κ3) is 3.42. The first kappa shape index (κ1) is 16.5. The van der Waals surface area contributed by atoms with Gasteiger partial charge in [0.15, 0.2) is 6.61 Å². The summed E-state index contributed by atoms with van der Waals surface area (Å²) in [5.74, 6) is -0.539. The second kappa shape index (κ2) is 7.03. The minimum atomic E-state index is -0.427. The molecule has 2 atom stereocenters. The number of nitrogens with zero attached hydrogens (tertiary/aromatic N) is 3. The van der Waals surface area contributed by atoms with Crippen molar-refractivity contribution in [2.45, 2.75) is 51.7 Å². The van der Waals surface area contributed by atoms with Gasteiger partial charge in [0.2, 0.25) is 0 Å². The predicted molar refractivity (Wildman–Crippen MR) is 90.3 cm³/mol. The maximum atomic E-state index is 12.4. The van der Waals surface area contributed by atoms with Crippen LogP contribution < -0.4 is 0 Å².